The summed E-state index contributed by atoms with van der Waals surface area (Å²) in [6, 6.07) is 19.4. The van der Waals surface area contributed by atoms with Crippen LogP contribution in [0.15, 0.2) is 66.7 Å². The largest absolute Gasteiger partial charge is 0.497 e. The maximum atomic E-state index is 12.4. The van der Waals surface area contributed by atoms with Gasteiger partial charge >= 0.3 is 6.03 Å². The third-order valence-corrected chi connectivity index (χ3v) is 5.45. The molecule has 0 aliphatic rings. The Balaban J connectivity index is 1.49. The highest BCUT2D eigenvalue weighted by Gasteiger charge is 2.13. The molecule has 3 N–H and O–H groups in total. The number of urea groups is 1. The van der Waals surface area contributed by atoms with Gasteiger partial charge in [0.2, 0.25) is 0 Å². The Bertz CT molecular complexity index is 1250. The van der Waals surface area contributed by atoms with Crippen LogP contribution in [0.3, 0.4) is 0 Å². The van der Waals surface area contributed by atoms with Crippen molar-refractivity contribution in [3.05, 3.63) is 77.9 Å². The van der Waals surface area contributed by atoms with Crippen LogP contribution in [-0.4, -0.2) is 24.0 Å². The Morgan fingerprint density at radius 1 is 0.903 bits per heavy atom. The van der Waals surface area contributed by atoms with Gasteiger partial charge in [-0.25, -0.2) is 9.78 Å². The SMILES string of the molecule is COc1cccc(NC(=O)Nc2cc(C)c3nc(NC(=O)c4ccccc4)sc3c2)c1. The number of aromatic nitrogens is 1. The van der Waals surface area contributed by atoms with E-state index in [2.05, 4.69) is 20.9 Å². The van der Waals surface area contributed by atoms with Crippen LogP contribution in [0.5, 0.6) is 5.75 Å². The molecule has 0 aliphatic carbocycles. The molecule has 0 radical (unpaired) electrons. The first-order valence-corrected chi connectivity index (χ1v) is 10.3. The van der Waals surface area contributed by atoms with Crippen molar-refractivity contribution >= 4 is 50.0 Å². The number of rotatable bonds is 5. The van der Waals surface area contributed by atoms with E-state index in [0.717, 1.165) is 15.8 Å². The number of hydrogen-bond acceptors (Lipinski definition) is 5. The minimum absolute atomic E-state index is 0.215. The summed E-state index contributed by atoms with van der Waals surface area (Å²) >= 11 is 1.35. The maximum absolute atomic E-state index is 12.4. The second-order valence-corrected chi connectivity index (χ2v) is 7.82. The van der Waals surface area contributed by atoms with Gasteiger partial charge in [-0.3, -0.25) is 10.1 Å². The Labute approximate surface area is 183 Å². The van der Waals surface area contributed by atoms with E-state index < -0.39 is 0 Å². The summed E-state index contributed by atoms with van der Waals surface area (Å²) < 4.78 is 6.03. The number of fused-ring (bicyclic) bond motifs is 1. The summed E-state index contributed by atoms with van der Waals surface area (Å²) in [4.78, 5) is 29.3. The molecular formula is C23H20N4O3S. The van der Waals surface area contributed by atoms with Crippen LogP contribution in [0, 0.1) is 6.92 Å². The second-order valence-electron chi connectivity index (χ2n) is 6.79. The van der Waals surface area contributed by atoms with Gasteiger partial charge in [0.25, 0.3) is 5.91 Å². The lowest BCUT2D eigenvalue weighted by Gasteiger charge is -2.09. The van der Waals surface area contributed by atoms with Gasteiger partial charge in [-0.05, 0) is 48.9 Å². The molecule has 0 aliphatic heterocycles. The van der Waals surface area contributed by atoms with Crippen molar-refractivity contribution in [3.63, 3.8) is 0 Å². The van der Waals surface area contributed by atoms with Crippen molar-refractivity contribution in [2.75, 3.05) is 23.1 Å². The third kappa shape index (κ3) is 4.81. The lowest BCUT2D eigenvalue weighted by Crippen LogP contribution is -2.19. The fourth-order valence-electron chi connectivity index (χ4n) is 3.08. The first kappa shape index (κ1) is 20.4. The van der Waals surface area contributed by atoms with Gasteiger partial charge < -0.3 is 15.4 Å². The minimum Gasteiger partial charge on any atom is -0.497 e. The fourth-order valence-corrected chi connectivity index (χ4v) is 4.05. The number of carbonyl (C=O) groups excluding carboxylic acids is 2. The highest BCUT2D eigenvalue weighted by molar-refractivity contribution is 7.22. The normalized spacial score (nSPS) is 10.5. The van der Waals surface area contributed by atoms with E-state index >= 15 is 0 Å². The molecule has 156 valence electrons. The molecule has 0 bridgehead atoms. The predicted octanol–water partition coefficient (Wildman–Crippen LogP) is 5.51. The Hall–Kier alpha value is -3.91. The van der Waals surface area contributed by atoms with Crippen LogP contribution in [0.25, 0.3) is 10.2 Å². The second kappa shape index (κ2) is 8.85. The van der Waals surface area contributed by atoms with Crippen LogP contribution in [0.1, 0.15) is 15.9 Å². The molecule has 0 saturated heterocycles. The molecule has 31 heavy (non-hydrogen) atoms. The molecule has 0 atom stereocenters. The minimum atomic E-state index is -0.367. The summed E-state index contributed by atoms with van der Waals surface area (Å²) in [5, 5.41) is 8.96. The molecule has 7 nitrogen and oxygen atoms in total. The molecule has 1 heterocycles. The first-order chi connectivity index (χ1) is 15.0. The predicted molar refractivity (Wildman–Crippen MR) is 124 cm³/mol. The maximum Gasteiger partial charge on any atom is 0.323 e. The summed E-state index contributed by atoms with van der Waals surface area (Å²) in [6.45, 7) is 1.91. The average Bonchev–Trinajstić information content (AvgIpc) is 3.17. The van der Waals surface area contributed by atoms with Gasteiger partial charge in [0.05, 0.1) is 17.3 Å². The first-order valence-electron chi connectivity index (χ1n) is 9.51. The number of aryl methyl sites for hydroxylation is 1. The molecule has 1 aromatic heterocycles. The van der Waals surface area contributed by atoms with E-state index in [1.807, 2.05) is 37.3 Å². The van der Waals surface area contributed by atoms with E-state index in [4.69, 9.17) is 4.74 Å². The molecule has 0 spiro atoms. The summed E-state index contributed by atoms with van der Waals surface area (Å²) in [5.74, 6) is 0.443. The number of nitrogens with zero attached hydrogens (tertiary/aromatic N) is 1. The number of nitrogens with one attached hydrogen (secondary N) is 3. The van der Waals surface area contributed by atoms with Crippen LogP contribution in [-0.2, 0) is 0 Å². The average molecular weight is 433 g/mol. The zero-order valence-electron chi connectivity index (χ0n) is 16.9. The molecule has 0 unspecified atom stereocenters. The van der Waals surface area contributed by atoms with E-state index in [1.165, 1.54) is 11.3 Å². The molecule has 0 saturated carbocycles. The number of hydrogen-bond donors (Lipinski definition) is 3. The number of thiazole rings is 1. The highest BCUT2D eigenvalue weighted by atomic mass is 32.1. The van der Waals surface area contributed by atoms with Crippen molar-refractivity contribution in [2.45, 2.75) is 6.92 Å². The summed E-state index contributed by atoms with van der Waals surface area (Å²) in [7, 11) is 1.57. The molecule has 4 rings (SSSR count). The monoisotopic (exact) mass is 432 g/mol. The fraction of sp³-hybridized carbons (Fsp3) is 0.0870. The number of anilines is 3. The highest BCUT2D eigenvalue weighted by Crippen LogP contribution is 2.31. The molecule has 4 aromatic rings. The quantitative estimate of drug-likeness (QED) is 0.388. The smallest absolute Gasteiger partial charge is 0.323 e. The standard InChI is InChI=1S/C23H20N4O3S/c1-14-11-17(25-22(29)24-16-9-6-10-18(12-16)30-2)13-19-20(14)26-23(31-19)27-21(28)15-7-4-3-5-8-15/h3-13H,1-2H3,(H2,24,25,29)(H,26,27,28). The van der Waals surface area contributed by atoms with Crippen LogP contribution >= 0.6 is 11.3 Å². The van der Waals surface area contributed by atoms with Gasteiger partial charge in [0, 0.05) is 23.0 Å². The van der Waals surface area contributed by atoms with Gasteiger partial charge in [-0.1, -0.05) is 35.6 Å². The van der Waals surface area contributed by atoms with Gasteiger partial charge in [-0.2, -0.15) is 0 Å². The Kier molecular flexibility index (Phi) is 5.81. The van der Waals surface area contributed by atoms with Gasteiger partial charge in [-0.15, -0.1) is 0 Å². The summed E-state index contributed by atoms with van der Waals surface area (Å²) in [5.41, 5.74) is 3.50. The third-order valence-electron chi connectivity index (χ3n) is 4.53. The Morgan fingerprint density at radius 2 is 1.68 bits per heavy atom. The van der Waals surface area contributed by atoms with E-state index in [-0.39, 0.29) is 11.9 Å². The number of ether oxygens (including phenoxy) is 1. The van der Waals surface area contributed by atoms with E-state index in [0.29, 0.717) is 27.8 Å². The Morgan fingerprint density at radius 3 is 2.45 bits per heavy atom. The van der Waals surface area contributed by atoms with Crippen LogP contribution in [0.4, 0.5) is 21.3 Å². The van der Waals surface area contributed by atoms with E-state index in [9.17, 15) is 9.59 Å². The number of amides is 3. The van der Waals surface area contributed by atoms with Crippen molar-refractivity contribution in [1.29, 1.82) is 0 Å². The van der Waals surface area contributed by atoms with Crippen LogP contribution < -0.4 is 20.7 Å². The van der Waals surface area contributed by atoms with Gasteiger partial charge in [0.15, 0.2) is 5.13 Å². The van der Waals surface area contributed by atoms with Crippen molar-refractivity contribution in [2.24, 2.45) is 0 Å². The molecule has 0 fully saturated rings. The summed E-state index contributed by atoms with van der Waals surface area (Å²) in [6.07, 6.45) is 0. The van der Waals surface area contributed by atoms with Gasteiger partial charge in [0.1, 0.15) is 5.75 Å². The lowest BCUT2D eigenvalue weighted by atomic mass is 10.2. The zero-order valence-corrected chi connectivity index (χ0v) is 17.7. The van der Waals surface area contributed by atoms with E-state index in [1.54, 1.807) is 43.5 Å². The van der Waals surface area contributed by atoms with Crippen molar-refractivity contribution < 1.29 is 14.3 Å². The molecule has 3 aromatic carbocycles. The molecule has 3 amide bonds. The molecular weight excluding hydrogens is 412 g/mol. The number of carbonyl (C=O) groups is 2. The van der Waals surface area contributed by atoms with Crippen LogP contribution in [0.2, 0.25) is 0 Å². The molecule has 8 heteroatoms. The lowest BCUT2D eigenvalue weighted by molar-refractivity contribution is 0.102. The number of methoxy groups -OCH3 is 1. The number of benzene rings is 3. The zero-order chi connectivity index (χ0) is 21.8. The van der Waals surface area contributed by atoms with Crippen molar-refractivity contribution in [1.82, 2.24) is 4.98 Å². The topological polar surface area (TPSA) is 92.3 Å². The van der Waals surface area contributed by atoms with Crippen molar-refractivity contribution in [3.8, 4) is 5.75 Å².